The third kappa shape index (κ3) is 3.78. The first-order chi connectivity index (χ1) is 17.5. The van der Waals surface area contributed by atoms with Crippen molar-refractivity contribution in [2.75, 3.05) is 5.32 Å². The van der Waals surface area contributed by atoms with Crippen molar-refractivity contribution in [3.63, 3.8) is 0 Å². The van der Waals surface area contributed by atoms with Crippen LogP contribution in [-0.2, 0) is 11.4 Å². The quantitative estimate of drug-likeness (QED) is 0.404. The molecule has 9 nitrogen and oxygen atoms in total. The number of hydrogen-bond acceptors (Lipinski definition) is 6. The van der Waals surface area contributed by atoms with Gasteiger partial charge in [-0.2, -0.15) is 14.3 Å². The van der Waals surface area contributed by atoms with Crippen LogP contribution in [0.1, 0.15) is 46.1 Å². The van der Waals surface area contributed by atoms with Gasteiger partial charge in [0.2, 0.25) is 5.91 Å². The fourth-order valence-electron chi connectivity index (χ4n) is 4.75. The minimum atomic E-state index is -0.148. The van der Waals surface area contributed by atoms with Gasteiger partial charge >= 0.3 is 0 Å². The van der Waals surface area contributed by atoms with E-state index in [0.717, 1.165) is 28.1 Å². The molecule has 0 fully saturated rings. The van der Waals surface area contributed by atoms with Gasteiger partial charge in [-0.3, -0.25) is 4.79 Å². The van der Waals surface area contributed by atoms with Crippen LogP contribution in [-0.4, -0.2) is 35.5 Å². The van der Waals surface area contributed by atoms with E-state index in [9.17, 15) is 4.79 Å². The number of carbonyl (C=O) groups is 1. The van der Waals surface area contributed by atoms with Gasteiger partial charge in [0.05, 0.1) is 5.69 Å². The third-order valence-electron chi connectivity index (χ3n) is 6.64. The first-order valence-electron chi connectivity index (χ1n) is 11.8. The maximum atomic E-state index is 12.8. The van der Waals surface area contributed by atoms with E-state index in [1.165, 1.54) is 5.56 Å². The average Bonchev–Trinajstić information content (AvgIpc) is 3.42. The number of nitrogens with zero attached hydrogens (tertiary/aromatic N) is 6. The second kappa shape index (κ2) is 8.60. The van der Waals surface area contributed by atoms with Crippen LogP contribution in [0.4, 0.5) is 5.82 Å². The van der Waals surface area contributed by atoms with Crippen molar-refractivity contribution in [3.05, 3.63) is 94.4 Å². The Morgan fingerprint density at radius 3 is 2.72 bits per heavy atom. The smallest absolute Gasteiger partial charge is 0.226 e. The Morgan fingerprint density at radius 2 is 1.86 bits per heavy atom. The largest absolute Gasteiger partial charge is 0.489 e. The lowest BCUT2D eigenvalue weighted by Gasteiger charge is -2.24. The number of benzene rings is 2. The lowest BCUT2D eigenvalue weighted by molar-refractivity contribution is -0.116. The fraction of sp³-hybridized carbons (Fsp3) is 0.222. The predicted molar refractivity (Wildman–Crippen MR) is 134 cm³/mol. The lowest BCUT2D eigenvalue weighted by atomic mass is 9.86. The summed E-state index contributed by atoms with van der Waals surface area (Å²) in [7, 11) is 0. The van der Waals surface area contributed by atoms with Crippen LogP contribution < -0.4 is 10.1 Å². The summed E-state index contributed by atoms with van der Waals surface area (Å²) in [5.41, 5.74) is 5.81. The maximum absolute atomic E-state index is 12.8. The Hall–Kier alpha value is -4.53. The van der Waals surface area contributed by atoms with Gasteiger partial charge < -0.3 is 10.1 Å². The van der Waals surface area contributed by atoms with E-state index in [1.807, 2.05) is 62.4 Å². The number of hydrogen-bond donors (Lipinski definition) is 1. The van der Waals surface area contributed by atoms with E-state index in [4.69, 9.17) is 9.84 Å². The molecule has 0 aliphatic carbocycles. The summed E-state index contributed by atoms with van der Waals surface area (Å²) in [5, 5.41) is 20.6. The highest BCUT2D eigenvalue weighted by Gasteiger charge is 2.33. The van der Waals surface area contributed by atoms with E-state index in [0.29, 0.717) is 36.1 Å². The maximum Gasteiger partial charge on any atom is 0.226 e. The van der Waals surface area contributed by atoms with Crippen molar-refractivity contribution in [2.45, 2.75) is 39.7 Å². The Kier molecular flexibility index (Phi) is 5.25. The number of amides is 1. The van der Waals surface area contributed by atoms with Crippen molar-refractivity contribution in [3.8, 4) is 11.6 Å². The zero-order valence-corrected chi connectivity index (χ0v) is 20.3. The van der Waals surface area contributed by atoms with Crippen LogP contribution in [0, 0.1) is 20.8 Å². The Morgan fingerprint density at radius 1 is 1.00 bits per heavy atom. The first-order valence-corrected chi connectivity index (χ1v) is 11.8. The second-order valence-electron chi connectivity index (χ2n) is 9.06. The number of aromatic nitrogens is 6. The number of anilines is 1. The van der Waals surface area contributed by atoms with Crippen molar-refractivity contribution < 1.29 is 9.53 Å². The molecule has 0 spiro atoms. The number of rotatable bonds is 5. The summed E-state index contributed by atoms with van der Waals surface area (Å²) in [6.07, 6.45) is 0.331. The number of fused-ring (bicyclic) bond motifs is 2. The van der Waals surface area contributed by atoms with Crippen molar-refractivity contribution in [1.82, 2.24) is 29.6 Å². The van der Waals surface area contributed by atoms with Crippen LogP contribution >= 0.6 is 0 Å². The van der Waals surface area contributed by atoms with Gasteiger partial charge in [0.1, 0.15) is 18.2 Å². The zero-order chi connectivity index (χ0) is 24.8. The molecule has 3 aromatic heterocycles. The van der Waals surface area contributed by atoms with Gasteiger partial charge in [-0.25, -0.2) is 0 Å². The van der Waals surface area contributed by atoms with Gasteiger partial charge in [0.15, 0.2) is 17.3 Å². The predicted octanol–water partition coefficient (Wildman–Crippen LogP) is 4.29. The fourth-order valence-corrected chi connectivity index (χ4v) is 4.75. The monoisotopic (exact) mass is 479 g/mol. The zero-order valence-electron chi connectivity index (χ0n) is 20.3. The molecule has 1 aliphatic rings. The van der Waals surface area contributed by atoms with Crippen LogP contribution in [0.25, 0.3) is 11.5 Å². The summed E-state index contributed by atoms with van der Waals surface area (Å²) in [4.78, 5) is 12.8. The average molecular weight is 480 g/mol. The molecule has 0 bridgehead atoms. The van der Waals surface area contributed by atoms with Crippen LogP contribution in [0.15, 0.2) is 60.7 Å². The first kappa shape index (κ1) is 22.0. The Labute approximate surface area is 207 Å². The molecule has 36 heavy (non-hydrogen) atoms. The van der Waals surface area contributed by atoms with Gasteiger partial charge in [-0.15, -0.1) is 15.3 Å². The van der Waals surface area contributed by atoms with E-state index in [1.54, 1.807) is 9.20 Å². The van der Waals surface area contributed by atoms with Crippen molar-refractivity contribution in [2.24, 2.45) is 0 Å². The molecule has 1 N–H and O–H groups in total. The Balaban J connectivity index is 1.36. The van der Waals surface area contributed by atoms with E-state index in [2.05, 4.69) is 39.7 Å². The molecule has 1 atom stereocenters. The van der Waals surface area contributed by atoms with Gasteiger partial charge in [-0.1, -0.05) is 36.4 Å². The normalized spacial score (nSPS) is 15.1. The molecular weight excluding hydrogens is 454 g/mol. The van der Waals surface area contributed by atoms with Crippen molar-refractivity contribution >= 4 is 17.4 Å². The summed E-state index contributed by atoms with van der Waals surface area (Å²) in [6.45, 7) is 6.36. The lowest BCUT2D eigenvalue weighted by Crippen LogP contribution is -2.25. The molecule has 0 unspecified atom stereocenters. The van der Waals surface area contributed by atoms with Gasteiger partial charge in [0.25, 0.3) is 0 Å². The molecule has 5 aromatic rings. The number of ether oxygens (including phenoxy) is 1. The second-order valence-corrected chi connectivity index (χ2v) is 9.06. The molecule has 0 saturated heterocycles. The molecule has 180 valence electrons. The van der Waals surface area contributed by atoms with Crippen molar-refractivity contribution in [1.29, 1.82) is 0 Å². The molecule has 0 saturated carbocycles. The molecular formula is C27H25N7O2. The highest BCUT2D eigenvalue weighted by atomic mass is 16.5. The van der Waals surface area contributed by atoms with Gasteiger partial charge in [0, 0.05) is 17.9 Å². The minimum absolute atomic E-state index is 0.0681. The molecule has 0 radical (unpaired) electrons. The van der Waals surface area contributed by atoms with Crippen LogP contribution in [0.3, 0.4) is 0 Å². The van der Waals surface area contributed by atoms with E-state index < -0.39 is 0 Å². The third-order valence-corrected chi connectivity index (χ3v) is 6.64. The Bertz CT molecular complexity index is 1620. The number of aryl methyl sites for hydroxylation is 3. The van der Waals surface area contributed by atoms with E-state index >= 15 is 0 Å². The summed E-state index contributed by atoms with van der Waals surface area (Å²) >= 11 is 0. The summed E-state index contributed by atoms with van der Waals surface area (Å²) in [5.74, 6) is 2.44. The molecule has 4 heterocycles. The summed E-state index contributed by atoms with van der Waals surface area (Å²) < 4.78 is 9.47. The van der Waals surface area contributed by atoms with E-state index in [-0.39, 0.29) is 11.8 Å². The molecule has 1 aliphatic heterocycles. The minimum Gasteiger partial charge on any atom is -0.489 e. The molecule has 6 rings (SSSR count). The highest BCUT2D eigenvalue weighted by Crippen LogP contribution is 2.40. The number of carbonyl (C=O) groups excluding carboxylic acids is 1. The highest BCUT2D eigenvalue weighted by molar-refractivity contribution is 5.95. The van der Waals surface area contributed by atoms with Crippen LogP contribution in [0.2, 0.25) is 0 Å². The van der Waals surface area contributed by atoms with Crippen LogP contribution in [0.5, 0.6) is 5.75 Å². The molecule has 1 amide bonds. The number of nitrogens with one attached hydrogen (secondary N) is 1. The van der Waals surface area contributed by atoms with Gasteiger partial charge in [-0.05, 0) is 61.7 Å². The molecule has 2 aromatic carbocycles. The standard InChI is InChI=1S/C27H25N7O2/c1-16-7-4-5-8-20(16)15-36-21-10-6-9-19(13-21)22-14-25(35)28-27-26(22)17(2)31-34(27)24-12-11-23-30-29-18(3)33(23)32-24/h4-13,22H,14-15H2,1-3H3,(H,28,35)/t22-/m1/s1. The molecule has 9 heteroatoms. The topological polar surface area (TPSA) is 99.2 Å². The summed E-state index contributed by atoms with van der Waals surface area (Å²) in [6, 6.07) is 19.8. The SMILES string of the molecule is Cc1ccccc1COc1cccc([C@H]2CC(=O)Nc3c2c(C)nn3-c2ccc3nnc(C)n3n2)c1.